The summed E-state index contributed by atoms with van der Waals surface area (Å²) in [6.07, 6.45) is 0. The zero-order valence-corrected chi connectivity index (χ0v) is 25.5. The van der Waals surface area contributed by atoms with Crippen LogP contribution in [0, 0.1) is 0 Å². The molecule has 0 aliphatic heterocycles. The minimum atomic E-state index is 0.696. The topological polar surface area (TPSA) is 38.9 Å². The van der Waals surface area contributed by atoms with Crippen LogP contribution in [0.2, 0.25) is 0 Å². The molecular weight excluding hydrogens is 572 g/mol. The van der Waals surface area contributed by atoms with Crippen LogP contribution in [0.25, 0.3) is 88.9 Å². The maximum atomic E-state index is 6.46. The Morgan fingerprint density at radius 3 is 1.66 bits per heavy atom. The lowest BCUT2D eigenvalue weighted by molar-refractivity contribution is 0.669. The summed E-state index contributed by atoms with van der Waals surface area (Å²) in [4.78, 5) is 10.3. The van der Waals surface area contributed by atoms with Gasteiger partial charge in [-0.15, -0.1) is 0 Å². The van der Waals surface area contributed by atoms with Gasteiger partial charge in [0, 0.05) is 33.0 Å². The van der Waals surface area contributed by atoms with Gasteiger partial charge in [-0.1, -0.05) is 133 Å². The Balaban J connectivity index is 1.37. The molecule has 0 spiro atoms. The Morgan fingerprint density at radius 2 is 0.915 bits per heavy atom. The van der Waals surface area contributed by atoms with Crippen LogP contribution in [-0.4, -0.2) is 9.97 Å². The molecule has 2 heterocycles. The van der Waals surface area contributed by atoms with Gasteiger partial charge in [0.05, 0.1) is 11.4 Å². The molecule has 2 aromatic heterocycles. The van der Waals surface area contributed by atoms with Crippen molar-refractivity contribution in [1.29, 1.82) is 0 Å². The third kappa shape index (κ3) is 4.86. The molecule has 0 saturated carbocycles. The van der Waals surface area contributed by atoms with Gasteiger partial charge < -0.3 is 4.42 Å². The number of furan rings is 1. The van der Waals surface area contributed by atoms with Gasteiger partial charge >= 0.3 is 0 Å². The Labute approximate surface area is 272 Å². The van der Waals surface area contributed by atoms with E-state index in [1.807, 2.05) is 36.4 Å². The summed E-state index contributed by atoms with van der Waals surface area (Å²) in [6.45, 7) is 0. The van der Waals surface area contributed by atoms with Gasteiger partial charge in [-0.3, -0.25) is 0 Å². The van der Waals surface area contributed by atoms with E-state index in [9.17, 15) is 0 Å². The third-order valence-corrected chi connectivity index (χ3v) is 8.84. The molecule has 7 aromatic carbocycles. The van der Waals surface area contributed by atoms with Crippen LogP contribution < -0.4 is 0 Å². The van der Waals surface area contributed by atoms with E-state index < -0.39 is 0 Å². The molecule has 47 heavy (non-hydrogen) atoms. The SMILES string of the molecule is c1ccc(-c2cc(-c3cc(-c4ccccc4)nc(-c4ccccc4)n3)cc(-c3c4ccccc4cc4oc5ccccc5c34)c2)cc1. The number of rotatable bonds is 5. The lowest BCUT2D eigenvalue weighted by Crippen LogP contribution is -1.96. The first-order valence-corrected chi connectivity index (χ1v) is 15.8. The van der Waals surface area contributed by atoms with Crippen LogP contribution in [0.1, 0.15) is 0 Å². The molecule has 0 amide bonds. The van der Waals surface area contributed by atoms with Gasteiger partial charge in [-0.05, 0) is 63.9 Å². The first-order chi connectivity index (χ1) is 23.3. The first-order valence-electron chi connectivity index (χ1n) is 15.8. The van der Waals surface area contributed by atoms with Crippen LogP contribution in [0.4, 0.5) is 0 Å². The Kier molecular flexibility index (Phi) is 6.46. The molecule has 0 fully saturated rings. The summed E-state index contributed by atoms with van der Waals surface area (Å²) in [6, 6.07) is 59.1. The molecule has 0 aliphatic carbocycles. The van der Waals surface area contributed by atoms with Gasteiger partial charge in [0.15, 0.2) is 5.82 Å². The maximum Gasteiger partial charge on any atom is 0.160 e. The minimum Gasteiger partial charge on any atom is -0.456 e. The number of fused-ring (bicyclic) bond motifs is 4. The molecule has 3 heteroatoms. The predicted octanol–water partition coefficient (Wildman–Crippen LogP) is 11.9. The molecule has 0 bridgehead atoms. The van der Waals surface area contributed by atoms with E-state index in [0.717, 1.165) is 77.7 Å². The van der Waals surface area contributed by atoms with Crippen molar-refractivity contribution < 1.29 is 4.42 Å². The minimum absolute atomic E-state index is 0.696. The van der Waals surface area contributed by atoms with E-state index in [-0.39, 0.29) is 0 Å². The fourth-order valence-electron chi connectivity index (χ4n) is 6.64. The average Bonchev–Trinajstić information content (AvgIpc) is 3.52. The van der Waals surface area contributed by atoms with Gasteiger partial charge in [0.1, 0.15) is 11.2 Å². The second-order valence-corrected chi connectivity index (χ2v) is 11.8. The Hall–Kier alpha value is -6.32. The number of hydrogen-bond acceptors (Lipinski definition) is 3. The summed E-state index contributed by atoms with van der Waals surface area (Å²) < 4.78 is 6.46. The quantitative estimate of drug-likeness (QED) is 0.197. The monoisotopic (exact) mass is 600 g/mol. The summed E-state index contributed by atoms with van der Waals surface area (Å²) in [7, 11) is 0. The molecule has 3 nitrogen and oxygen atoms in total. The maximum absolute atomic E-state index is 6.46. The van der Waals surface area contributed by atoms with Crippen molar-refractivity contribution in [2.45, 2.75) is 0 Å². The normalized spacial score (nSPS) is 11.4. The Bertz CT molecular complexity index is 2500. The largest absolute Gasteiger partial charge is 0.456 e. The number of para-hydroxylation sites is 1. The standard InChI is InChI=1S/C44H28N2O/c1-4-14-29(15-5-1)33-24-34(39-28-38(30-16-6-2-7-17-30)45-44(46-39)31-18-8-3-9-19-31)26-35(25-33)42-36-21-11-10-20-32(36)27-41-43(42)37-22-12-13-23-40(37)47-41/h1-28H. The van der Waals surface area contributed by atoms with Crippen molar-refractivity contribution in [3.05, 3.63) is 170 Å². The van der Waals surface area contributed by atoms with Gasteiger partial charge in [-0.2, -0.15) is 0 Å². The zero-order chi connectivity index (χ0) is 31.2. The van der Waals surface area contributed by atoms with E-state index in [2.05, 4.69) is 133 Å². The van der Waals surface area contributed by atoms with Crippen LogP contribution in [-0.2, 0) is 0 Å². The average molecular weight is 601 g/mol. The smallest absolute Gasteiger partial charge is 0.160 e. The second kappa shape index (κ2) is 11.2. The van der Waals surface area contributed by atoms with Gasteiger partial charge in [0.25, 0.3) is 0 Å². The van der Waals surface area contributed by atoms with Crippen molar-refractivity contribution in [2.75, 3.05) is 0 Å². The zero-order valence-electron chi connectivity index (χ0n) is 25.5. The molecule has 0 saturated heterocycles. The van der Waals surface area contributed by atoms with E-state index in [4.69, 9.17) is 14.4 Å². The van der Waals surface area contributed by atoms with Crippen LogP contribution in [0.3, 0.4) is 0 Å². The number of nitrogens with zero attached hydrogens (tertiary/aromatic N) is 2. The van der Waals surface area contributed by atoms with Crippen molar-refractivity contribution in [2.24, 2.45) is 0 Å². The highest BCUT2D eigenvalue weighted by Crippen LogP contribution is 2.44. The fraction of sp³-hybridized carbons (Fsp3) is 0. The van der Waals surface area contributed by atoms with Crippen LogP contribution >= 0.6 is 0 Å². The number of hydrogen-bond donors (Lipinski definition) is 0. The van der Waals surface area contributed by atoms with E-state index in [1.54, 1.807) is 0 Å². The third-order valence-electron chi connectivity index (χ3n) is 8.84. The lowest BCUT2D eigenvalue weighted by Gasteiger charge is -2.15. The van der Waals surface area contributed by atoms with E-state index >= 15 is 0 Å². The van der Waals surface area contributed by atoms with Crippen molar-refractivity contribution >= 4 is 32.7 Å². The number of aromatic nitrogens is 2. The molecule has 0 radical (unpaired) electrons. The summed E-state index contributed by atoms with van der Waals surface area (Å²) in [5.41, 5.74) is 11.1. The highest BCUT2D eigenvalue weighted by molar-refractivity contribution is 6.21. The lowest BCUT2D eigenvalue weighted by atomic mass is 9.89. The molecule has 9 aromatic rings. The summed E-state index contributed by atoms with van der Waals surface area (Å²) in [5, 5.41) is 4.55. The second-order valence-electron chi connectivity index (χ2n) is 11.8. The summed E-state index contributed by atoms with van der Waals surface area (Å²) >= 11 is 0. The van der Waals surface area contributed by atoms with Crippen molar-refractivity contribution in [3.8, 4) is 56.2 Å². The Morgan fingerprint density at radius 1 is 0.362 bits per heavy atom. The number of benzene rings is 7. The summed E-state index contributed by atoms with van der Waals surface area (Å²) in [5.74, 6) is 0.696. The van der Waals surface area contributed by atoms with Crippen molar-refractivity contribution in [1.82, 2.24) is 9.97 Å². The molecule has 220 valence electrons. The highest BCUT2D eigenvalue weighted by Gasteiger charge is 2.19. The van der Waals surface area contributed by atoms with Crippen LogP contribution in [0.15, 0.2) is 174 Å². The van der Waals surface area contributed by atoms with Crippen molar-refractivity contribution in [3.63, 3.8) is 0 Å². The molecule has 0 N–H and O–H groups in total. The predicted molar refractivity (Wildman–Crippen MR) is 194 cm³/mol. The van der Waals surface area contributed by atoms with E-state index in [0.29, 0.717) is 5.82 Å². The van der Waals surface area contributed by atoms with Gasteiger partial charge in [-0.25, -0.2) is 9.97 Å². The fourth-order valence-corrected chi connectivity index (χ4v) is 6.64. The molecule has 9 rings (SSSR count). The molecular formula is C44H28N2O. The van der Waals surface area contributed by atoms with Crippen LogP contribution in [0.5, 0.6) is 0 Å². The first kappa shape index (κ1) is 27.0. The molecule has 0 unspecified atom stereocenters. The van der Waals surface area contributed by atoms with Gasteiger partial charge in [0.2, 0.25) is 0 Å². The van der Waals surface area contributed by atoms with E-state index in [1.165, 1.54) is 5.39 Å². The molecule has 0 aliphatic rings. The molecule has 0 atom stereocenters. The highest BCUT2D eigenvalue weighted by atomic mass is 16.3.